The molecule has 3 atom stereocenters. The summed E-state index contributed by atoms with van der Waals surface area (Å²) in [7, 11) is 0. The Labute approximate surface area is 138 Å². The highest BCUT2D eigenvalue weighted by atomic mass is 32.2. The lowest BCUT2D eigenvalue weighted by molar-refractivity contribution is -0.148. The zero-order chi connectivity index (χ0) is 16.2. The van der Waals surface area contributed by atoms with E-state index in [1.165, 1.54) is 11.8 Å². The van der Waals surface area contributed by atoms with Gasteiger partial charge in [0.05, 0.1) is 11.8 Å². The van der Waals surface area contributed by atoms with Crippen molar-refractivity contribution in [1.82, 2.24) is 0 Å². The summed E-state index contributed by atoms with van der Waals surface area (Å²) in [5.41, 5.74) is 0.305. The van der Waals surface area contributed by atoms with Crippen molar-refractivity contribution in [2.45, 2.75) is 22.7 Å². The molecule has 3 unspecified atom stereocenters. The molecule has 0 spiro atoms. The van der Waals surface area contributed by atoms with Crippen LogP contribution in [0.15, 0.2) is 24.3 Å². The molecule has 1 saturated heterocycles. The van der Waals surface area contributed by atoms with Gasteiger partial charge in [-0.1, -0.05) is 18.7 Å². The van der Waals surface area contributed by atoms with Gasteiger partial charge in [-0.3, -0.25) is 4.79 Å². The average molecular weight is 339 g/mol. The third kappa shape index (κ3) is 3.87. The maximum Gasteiger partial charge on any atom is 0.333 e. The number of ether oxygens (including phenoxy) is 2. The topological polar surface area (TPSA) is 76.4 Å². The molecule has 2 bridgehead atoms. The van der Waals surface area contributed by atoms with E-state index in [1.54, 1.807) is 18.7 Å². The molecule has 0 amide bonds. The molecule has 2 aliphatic rings. The zero-order valence-corrected chi connectivity index (χ0v) is 13.9. The summed E-state index contributed by atoms with van der Waals surface area (Å²) in [5.74, 6) is -0.592. The first-order valence-corrected chi connectivity index (χ1v) is 8.73. The maximum absolute atomic E-state index is 11.7. The number of fused-ring (bicyclic) bond motifs is 2. The molecule has 5 nitrogen and oxygen atoms in total. The minimum atomic E-state index is -0.579. The first-order valence-electron chi connectivity index (χ1n) is 6.86. The van der Waals surface area contributed by atoms with Gasteiger partial charge in [0, 0.05) is 16.7 Å². The monoisotopic (exact) mass is 339 g/mol. The summed E-state index contributed by atoms with van der Waals surface area (Å²) >= 11 is 2.94. The van der Waals surface area contributed by atoms with Gasteiger partial charge in [0.2, 0.25) is 0 Å². The summed E-state index contributed by atoms with van der Waals surface area (Å²) < 4.78 is 9.24. The van der Waals surface area contributed by atoms with Gasteiger partial charge in [-0.2, -0.15) is 5.26 Å². The lowest BCUT2D eigenvalue weighted by Crippen LogP contribution is -2.26. The molecular formula is C15H17NO4S2. The SMILES string of the molecule is C=C(C)C(=O)OCCOC(=O)CSC1(C#N)SC2C=CC1C2. The van der Waals surface area contributed by atoms with Gasteiger partial charge in [0.1, 0.15) is 13.2 Å². The Kier molecular flexibility index (Phi) is 5.59. The van der Waals surface area contributed by atoms with Crippen LogP contribution in [0.4, 0.5) is 0 Å². The smallest absolute Gasteiger partial charge is 0.333 e. The molecule has 1 aliphatic heterocycles. The van der Waals surface area contributed by atoms with Crippen molar-refractivity contribution in [1.29, 1.82) is 5.26 Å². The number of allylic oxidation sites excluding steroid dienone is 1. The van der Waals surface area contributed by atoms with Crippen molar-refractivity contribution in [3.05, 3.63) is 24.3 Å². The number of hydrogen-bond donors (Lipinski definition) is 0. The molecule has 0 saturated carbocycles. The predicted octanol–water partition coefficient (Wildman–Crippen LogP) is 2.29. The molecule has 0 aromatic rings. The van der Waals surface area contributed by atoms with Crippen molar-refractivity contribution < 1.29 is 19.1 Å². The summed E-state index contributed by atoms with van der Waals surface area (Å²) in [6.45, 7) is 5.02. The molecule has 0 aromatic heterocycles. The molecule has 0 aromatic carbocycles. The minimum Gasteiger partial charge on any atom is -0.461 e. The van der Waals surface area contributed by atoms with Gasteiger partial charge in [0.15, 0.2) is 4.08 Å². The highest BCUT2D eigenvalue weighted by molar-refractivity contribution is 8.19. The lowest BCUT2D eigenvalue weighted by Gasteiger charge is -2.26. The predicted molar refractivity (Wildman–Crippen MR) is 86.2 cm³/mol. The first-order chi connectivity index (χ1) is 10.5. The quantitative estimate of drug-likeness (QED) is 0.305. The van der Waals surface area contributed by atoms with Crippen LogP contribution in [-0.2, 0) is 19.1 Å². The lowest BCUT2D eigenvalue weighted by atomic mass is 10.1. The number of hydrogen-bond acceptors (Lipinski definition) is 7. The summed E-state index contributed by atoms with van der Waals surface area (Å²) in [4.78, 5) is 22.8. The van der Waals surface area contributed by atoms with Gasteiger partial charge < -0.3 is 9.47 Å². The van der Waals surface area contributed by atoms with E-state index >= 15 is 0 Å². The Bertz CT molecular complexity index is 554. The molecule has 118 valence electrons. The summed E-state index contributed by atoms with van der Waals surface area (Å²) in [6, 6.07) is 2.35. The number of carbonyl (C=O) groups excluding carboxylic acids is 2. The average Bonchev–Trinajstić information content (AvgIpc) is 3.10. The van der Waals surface area contributed by atoms with Crippen LogP contribution in [0.5, 0.6) is 0 Å². The molecule has 0 radical (unpaired) electrons. The van der Waals surface area contributed by atoms with Crippen LogP contribution in [0.25, 0.3) is 0 Å². The highest BCUT2D eigenvalue weighted by Crippen LogP contribution is 2.58. The standard InChI is InChI=1S/C15H17NO4S2/c1-10(2)14(18)20-6-5-19-13(17)8-21-15(9-16)11-3-4-12(7-11)22-15/h3-4,11-12H,1,5-8H2,2H3. The van der Waals surface area contributed by atoms with Crippen molar-refractivity contribution in [3.8, 4) is 6.07 Å². The van der Waals surface area contributed by atoms with Crippen molar-refractivity contribution in [2.75, 3.05) is 19.0 Å². The normalized spacial score (nSPS) is 28.2. The van der Waals surface area contributed by atoms with Crippen LogP contribution in [0.2, 0.25) is 0 Å². The number of nitriles is 1. The Morgan fingerprint density at radius 1 is 1.45 bits per heavy atom. The number of rotatable bonds is 7. The molecular weight excluding hydrogens is 322 g/mol. The van der Waals surface area contributed by atoms with Crippen molar-refractivity contribution in [3.63, 3.8) is 0 Å². The van der Waals surface area contributed by atoms with Crippen LogP contribution in [0.3, 0.4) is 0 Å². The van der Waals surface area contributed by atoms with E-state index in [1.807, 2.05) is 0 Å². The second-order valence-corrected chi connectivity index (χ2v) is 8.05. The number of nitrogens with zero attached hydrogens (tertiary/aromatic N) is 1. The van der Waals surface area contributed by atoms with Crippen molar-refractivity contribution in [2.24, 2.45) is 5.92 Å². The third-order valence-corrected chi connectivity index (χ3v) is 6.59. The van der Waals surface area contributed by atoms with Crippen LogP contribution >= 0.6 is 23.5 Å². The molecule has 1 heterocycles. The van der Waals surface area contributed by atoms with E-state index in [2.05, 4.69) is 24.8 Å². The van der Waals surface area contributed by atoms with Crippen LogP contribution in [-0.4, -0.2) is 40.2 Å². The Morgan fingerprint density at radius 2 is 2.18 bits per heavy atom. The molecule has 1 aliphatic carbocycles. The zero-order valence-electron chi connectivity index (χ0n) is 12.2. The Hall–Kier alpha value is -1.39. The maximum atomic E-state index is 11.7. The number of carbonyl (C=O) groups is 2. The van der Waals surface area contributed by atoms with Gasteiger partial charge in [-0.25, -0.2) is 4.79 Å². The fourth-order valence-electron chi connectivity index (χ4n) is 2.25. The first kappa shape index (κ1) is 17.0. The van der Waals surface area contributed by atoms with E-state index in [9.17, 15) is 14.9 Å². The van der Waals surface area contributed by atoms with E-state index in [4.69, 9.17) is 9.47 Å². The fraction of sp³-hybridized carbons (Fsp3) is 0.533. The third-order valence-electron chi connectivity index (χ3n) is 3.35. The van der Waals surface area contributed by atoms with Gasteiger partial charge in [-0.05, 0) is 13.3 Å². The number of thioether (sulfide) groups is 2. The molecule has 22 heavy (non-hydrogen) atoms. The van der Waals surface area contributed by atoms with Gasteiger partial charge in [0.25, 0.3) is 0 Å². The second-order valence-electron chi connectivity index (χ2n) is 5.09. The van der Waals surface area contributed by atoms with Crippen LogP contribution < -0.4 is 0 Å². The van der Waals surface area contributed by atoms with Gasteiger partial charge >= 0.3 is 11.9 Å². The summed E-state index contributed by atoms with van der Waals surface area (Å²) in [5, 5.41) is 9.82. The molecule has 7 heteroatoms. The molecule has 2 rings (SSSR count). The van der Waals surface area contributed by atoms with Crippen LogP contribution in [0, 0.1) is 17.2 Å². The second kappa shape index (κ2) is 7.25. The number of esters is 2. The Morgan fingerprint density at radius 3 is 2.73 bits per heavy atom. The van der Waals surface area contributed by atoms with E-state index < -0.39 is 16.0 Å². The van der Waals surface area contributed by atoms with Crippen LogP contribution in [0.1, 0.15) is 13.3 Å². The molecule has 1 fully saturated rings. The highest BCUT2D eigenvalue weighted by Gasteiger charge is 2.50. The Balaban J connectivity index is 1.68. The van der Waals surface area contributed by atoms with E-state index in [-0.39, 0.29) is 24.9 Å². The largest absolute Gasteiger partial charge is 0.461 e. The molecule has 0 N–H and O–H groups in total. The van der Waals surface area contributed by atoms with Gasteiger partial charge in [-0.15, -0.1) is 23.5 Å². The van der Waals surface area contributed by atoms with E-state index in [0.717, 1.165) is 6.42 Å². The summed E-state index contributed by atoms with van der Waals surface area (Å²) in [6.07, 6.45) is 5.16. The fourth-order valence-corrected chi connectivity index (χ4v) is 5.26. The van der Waals surface area contributed by atoms with Crippen molar-refractivity contribution >= 4 is 35.5 Å². The van der Waals surface area contributed by atoms with E-state index in [0.29, 0.717) is 10.8 Å². The minimum absolute atomic E-state index is 0.00762.